The van der Waals surface area contributed by atoms with E-state index in [1.807, 2.05) is 0 Å². The molecule has 0 aliphatic heterocycles. The van der Waals surface area contributed by atoms with Gasteiger partial charge in [-0.3, -0.25) is 14.4 Å². The van der Waals surface area contributed by atoms with Gasteiger partial charge in [0.25, 0.3) is 0 Å². The molecule has 2 N–H and O–H groups in total. The van der Waals surface area contributed by atoms with Gasteiger partial charge in [-0.15, -0.1) is 0 Å². The molecule has 0 heterocycles. The number of rotatable bonds is 9. The van der Waals surface area contributed by atoms with Crippen molar-refractivity contribution in [3.63, 3.8) is 0 Å². The third-order valence-electron chi connectivity index (χ3n) is 3.74. The van der Waals surface area contributed by atoms with Gasteiger partial charge in [0.1, 0.15) is 5.41 Å². The summed E-state index contributed by atoms with van der Waals surface area (Å²) in [7, 11) is 0. The van der Waals surface area contributed by atoms with E-state index in [0.29, 0.717) is 0 Å². The predicted octanol–water partition coefficient (Wildman–Crippen LogP) is 1.22. The maximum atomic E-state index is 12.4. The van der Waals surface area contributed by atoms with Crippen LogP contribution in [0.1, 0.15) is 47.0 Å². The number of carbonyl (C=O) groups is 4. The van der Waals surface area contributed by atoms with E-state index in [4.69, 9.17) is 9.84 Å². The molecule has 0 saturated carbocycles. The number of ether oxygens (including phenoxy) is 2. The minimum atomic E-state index is -2.32. The molecule has 0 amide bonds. The van der Waals surface area contributed by atoms with Gasteiger partial charge in [-0.05, 0) is 19.8 Å². The van der Waals surface area contributed by atoms with Crippen LogP contribution in [0.3, 0.4) is 0 Å². The third kappa shape index (κ3) is 3.62. The van der Waals surface area contributed by atoms with Crippen LogP contribution in [-0.2, 0) is 28.7 Å². The molecule has 0 aromatic rings. The molecule has 0 aliphatic rings. The maximum absolute atomic E-state index is 12.4. The van der Waals surface area contributed by atoms with Crippen molar-refractivity contribution in [3.8, 4) is 0 Å². The Labute approximate surface area is 128 Å². The van der Waals surface area contributed by atoms with Crippen LogP contribution >= 0.6 is 0 Å². The van der Waals surface area contributed by atoms with E-state index < -0.39 is 41.3 Å². The molecule has 1 unspecified atom stereocenters. The second-order valence-corrected chi connectivity index (χ2v) is 4.81. The number of esters is 2. The summed E-state index contributed by atoms with van der Waals surface area (Å²) >= 11 is 0. The smallest absolute Gasteiger partial charge is 0.337 e. The van der Waals surface area contributed by atoms with Crippen molar-refractivity contribution >= 4 is 23.9 Å². The van der Waals surface area contributed by atoms with Crippen molar-refractivity contribution < 1.29 is 38.9 Å². The van der Waals surface area contributed by atoms with Crippen LogP contribution in [0, 0.1) is 5.41 Å². The Balaban J connectivity index is 6.26. The van der Waals surface area contributed by atoms with Gasteiger partial charge < -0.3 is 19.7 Å². The van der Waals surface area contributed by atoms with Crippen molar-refractivity contribution in [1.82, 2.24) is 0 Å². The summed E-state index contributed by atoms with van der Waals surface area (Å²) in [5.41, 5.74) is -4.11. The fourth-order valence-corrected chi connectivity index (χ4v) is 2.66. The molecular weight excluding hydrogens is 296 g/mol. The molecule has 8 heteroatoms. The Hall–Kier alpha value is -1.96. The Morgan fingerprint density at radius 1 is 1.00 bits per heavy atom. The van der Waals surface area contributed by atoms with Gasteiger partial charge >= 0.3 is 23.9 Å². The van der Waals surface area contributed by atoms with E-state index in [2.05, 4.69) is 4.74 Å². The topological polar surface area (TPSA) is 127 Å². The van der Waals surface area contributed by atoms with Crippen molar-refractivity contribution in [2.75, 3.05) is 6.61 Å². The van der Waals surface area contributed by atoms with Crippen molar-refractivity contribution in [3.05, 3.63) is 0 Å². The van der Waals surface area contributed by atoms with Gasteiger partial charge in [0, 0.05) is 13.5 Å². The largest absolute Gasteiger partial charge is 0.481 e. The first kappa shape index (κ1) is 20.0. The zero-order chi connectivity index (χ0) is 17.6. The van der Waals surface area contributed by atoms with Gasteiger partial charge in [0.15, 0.2) is 5.60 Å². The van der Waals surface area contributed by atoms with E-state index in [0.717, 1.165) is 6.92 Å². The first-order chi connectivity index (χ1) is 10.1. The maximum Gasteiger partial charge on any atom is 0.337 e. The number of carboxylic acid groups (broad SMARTS) is 2. The van der Waals surface area contributed by atoms with Gasteiger partial charge in [-0.25, -0.2) is 4.79 Å². The molecular formula is C14H22O8. The fourth-order valence-electron chi connectivity index (χ4n) is 2.66. The molecule has 0 bridgehead atoms. The second kappa shape index (κ2) is 7.88. The molecule has 0 aromatic heterocycles. The standard InChI is InChI=1S/C14H22O8/c1-5-13(6-2,12(20)22-9(4)15)14(11(18)19,21-7-3)8-10(16)17/h5-8H2,1-4H3,(H,16,17)(H,18,19). The first-order valence-electron chi connectivity index (χ1n) is 6.95. The van der Waals surface area contributed by atoms with Crippen LogP contribution in [0.4, 0.5) is 0 Å². The van der Waals surface area contributed by atoms with Gasteiger partial charge in [0.05, 0.1) is 6.42 Å². The van der Waals surface area contributed by atoms with Crippen LogP contribution in [0.15, 0.2) is 0 Å². The number of aliphatic carboxylic acids is 2. The summed E-state index contributed by atoms with van der Waals surface area (Å²) in [6.45, 7) is 5.42. The molecule has 0 aromatic carbocycles. The Morgan fingerprint density at radius 2 is 1.50 bits per heavy atom. The van der Waals surface area contributed by atoms with E-state index in [1.54, 1.807) is 0 Å². The highest BCUT2D eigenvalue weighted by molar-refractivity contribution is 5.96. The molecule has 0 aliphatic carbocycles. The zero-order valence-electron chi connectivity index (χ0n) is 13.2. The lowest BCUT2D eigenvalue weighted by atomic mass is 9.66. The normalized spacial score (nSPS) is 14.0. The number of carboxylic acids is 2. The molecule has 0 saturated heterocycles. The van der Waals surface area contributed by atoms with E-state index in [-0.39, 0.29) is 19.4 Å². The Bertz CT molecular complexity index is 452. The fraction of sp³-hybridized carbons (Fsp3) is 0.714. The lowest BCUT2D eigenvalue weighted by Crippen LogP contribution is -2.61. The zero-order valence-corrected chi connectivity index (χ0v) is 13.2. The lowest BCUT2D eigenvalue weighted by Gasteiger charge is -2.43. The molecule has 8 nitrogen and oxygen atoms in total. The van der Waals surface area contributed by atoms with Gasteiger partial charge in [-0.2, -0.15) is 0 Å². The summed E-state index contributed by atoms with van der Waals surface area (Å²) < 4.78 is 9.83. The number of hydrogen-bond donors (Lipinski definition) is 2. The van der Waals surface area contributed by atoms with E-state index in [1.165, 1.54) is 20.8 Å². The monoisotopic (exact) mass is 318 g/mol. The van der Waals surface area contributed by atoms with Crippen molar-refractivity contribution in [2.24, 2.45) is 5.41 Å². The molecule has 22 heavy (non-hydrogen) atoms. The second-order valence-electron chi connectivity index (χ2n) is 4.81. The van der Waals surface area contributed by atoms with Crippen LogP contribution in [0.2, 0.25) is 0 Å². The summed E-state index contributed by atoms with van der Waals surface area (Å²) in [6, 6.07) is 0. The summed E-state index contributed by atoms with van der Waals surface area (Å²) in [4.78, 5) is 46.4. The average Bonchev–Trinajstić information content (AvgIpc) is 2.38. The van der Waals surface area contributed by atoms with Gasteiger partial charge in [-0.1, -0.05) is 13.8 Å². The number of hydrogen-bond acceptors (Lipinski definition) is 6. The SMILES string of the molecule is CCOC(CC(=O)O)(C(=O)O)C(CC)(CC)C(=O)OC(C)=O. The van der Waals surface area contributed by atoms with Crippen LogP contribution in [0.25, 0.3) is 0 Å². The minimum absolute atomic E-state index is 0.0603. The van der Waals surface area contributed by atoms with Crippen molar-refractivity contribution in [1.29, 1.82) is 0 Å². The molecule has 126 valence electrons. The predicted molar refractivity (Wildman–Crippen MR) is 74.0 cm³/mol. The van der Waals surface area contributed by atoms with Crippen LogP contribution in [0.5, 0.6) is 0 Å². The minimum Gasteiger partial charge on any atom is -0.481 e. The highest BCUT2D eigenvalue weighted by Crippen LogP contribution is 2.45. The summed E-state index contributed by atoms with van der Waals surface area (Å²) in [5.74, 6) is -5.01. The van der Waals surface area contributed by atoms with E-state index in [9.17, 15) is 24.3 Å². The molecule has 1 atom stereocenters. The highest BCUT2D eigenvalue weighted by Gasteiger charge is 2.62. The quantitative estimate of drug-likeness (QED) is 0.480. The van der Waals surface area contributed by atoms with Gasteiger partial charge in [0.2, 0.25) is 0 Å². The molecule has 0 fully saturated rings. The molecule has 0 rings (SSSR count). The van der Waals surface area contributed by atoms with Crippen molar-refractivity contribution in [2.45, 2.75) is 52.6 Å². The third-order valence-corrected chi connectivity index (χ3v) is 3.74. The molecule has 0 spiro atoms. The Kier molecular flexibility index (Phi) is 7.18. The van der Waals surface area contributed by atoms with Crippen LogP contribution in [-0.4, -0.2) is 46.3 Å². The van der Waals surface area contributed by atoms with E-state index >= 15 is 0 Å². The van der Waals surface area contributed by atoms with Crippen LogP contribution < -0.4 is 0 Å². The lowest BCUT2D eigenvalue weighted by molar-refractivity contribution is -0.208. The number of carbonyl (C=O) groups excluding carboxylic acids is 2. The molecule has 0 radical (unpaired) electrons. The highest BCUT2D eigenvalue weighted by atomic mass is 16.6. The average molecular weight is 318 g/mol. The summed E-state index contributed by atoms with van der Waals surface area (Å²) in [5, 5.41) is 18.7. The Morgan fingerprint density at radius 3 is 1.77 bits per heavy atom. The first-order valence-corrected chi connectivity index (χ1v) is 6.95. The summed E-state index contributed by atoms with van der Waals surface area (Å²) in [6.07, 6.45) is -1.05.